The Morgan fingerprint density at radius 3 is 1.98 bits per heavy atom. The van der Waals surface area contributed by atoms with Crippen molar-refractivity contribution in [2.45, 2.75) is 64.6 Å². The predicted molar refractivity (Wildman–Crippen MR) is 164 cm³/mol. The maximum atomic E-state index is 13.5. The number of rotatable bonds is 16. The monoisotopic (exact) mass is 587 g/mol. The molecule has 0 saturated carbocycles. The van der Waals surface area contributed by atoms with Gasteiger partial charge in [-0.05, 0) is 74.8 Å². The fourth-order valence-corrected chi connectivity index (χ4v) is 4.66. The molecule has 3 aromatic rings. The quantitative estimate of drug-likeness (QED) is 0.165. The third-order valence-electron chi connectivity index (χ3n) is 7.07. The Kier molecular flexibility index (Phi) is 13.4. The number of hydrogen-bond donors (Lipinski definition) is 3. The molecule has 0 aromatic heterocycles. The van der Waals surface area contributed by atoms with E-state index in [0.29, 0.717) is 37.8 Å². The highest BCUT2D eigenvalue weighted by molar-refractivity contribution is 5.96. The van der Waals surface area contributed by atoms with Gasteiger partial charge in [0.2, 0.25) is 5.91 Å². The molecule has 3 rings (SSSR count). The van der Waals surface area contributed by atoms with Crippen LogP contribution in [0.2, 0.25) is 0 Å². The Bertz CT molecular complexity index is 1330. The van der Waals surface area contributed by atoms with Crippen LogP contribution in [0.3, 0.4) is 0 Å². The van der Waals surface area contributed by atoms with E-state index in [1.165, 1.54) is 0 Å². The molecular weight excluding hydrogens is 546 g/mol. The summed E-state index contributed by atoms with van der Waals surface area (Å²) in [6, 6.07) is 22.3. The summed E-state index contributed by atoms with van der Waals surface area (Å²) in [6.07, 6.45) is 1.60. The van der Waals surface area contributed by atoms with Crippen LogP contribution in [0.5, 0.6) is 0 Å². The Balaban J connectivity index is 1.68. The van der Waals surface area contributed by atoms with Crippen molar-refractivity contribution in [3.63, 3.8) is 0 Å². The van der Waals surface area contributed by atoms with Gasteiger partial charge in [0.05, 0.1) is 11.6 Å². The number of benzene rings is 3. The molecule has 0 unspecified atom stereocenters. The zero-order valence-electron chi connectivity index (χ0n) is 24.8. The van der Waals surface area contributed by atoms with Crippen LogP contribution in [-0.4, -0.2) is 49.0 Å². The van der Waals surface area contributed by atoms with Crippen LogP contribution in [0.25, 0.3) is 0 Å². The third-order valence-corrected chi connectivity index (χ3v) is 7.07. The molecule has 0 aliphatic carbocycles. The number of amides is 2. The number of unbranched alkanes of at least 4 members (excludes halogenated alkanes) is 1. The van der Waals surface area contributed by atoms with E-state index in [4.69, 9.17) is 15.2 Å². The van der Waals surface area contributed by atoms with Crippen molar-refractivity contribution in [1.82, 2.24) is 10.6 Å². The Morgan fingerprint density at radius 1 is 0.721 bits per heavy atom. The first-order valence-electron chi connectivity index (χ1n) is 14.6. The maximum Gasteiger partial charge on any atom is 0.408 e. The Hall–Kier alpha value is -4.50. The molecule has 2 amide bonds. The number of alkyl carbamates (subject to hydrolysis) is 1. The summed E-state index contributed by atoms with van der Waals surface area (Å²) < 4.78 is 10.7. The van der Waals surface area contributed by atoms with E-state index in [-0.39, 0.29) is 13.0 Å². The highest BCUT2D eigenvalue weighted by Crippen LogP contribution is 2.15. The lowest BCUT2D eigenvalue weighted by Gasteiger charge is -2.23. The van der Waals surface area contributed by atoms with Crippen LogP contribution in [-0.2, 0) is 32.1 Å². The number of ketones is 1. The largest absolute Gasteiger partial charge is 0.454 e. The number of nitrogens with two attached hydrogens (primary N) is 1. The van der Waals surface area contributed by atoms with Gasteiger partial charge in [0.25, 0.3) is 0 Å². The van der Waals surface area contributed by atoms with Gasteiger partial charge in [0, 0.05) is 0 Å². The maximum absolute atomic E-state index is 13.5. The van der Waals surface area contributed by atoms with E-state index >= 15 is 0 Å². The molecule has 0 heterocycles. The van der Waals surface area contributed by atoms with Gasteiger partial charge >= 0.3 is 12.1 Å². The Labute approximate surface area is 253 Å². The first-order valence-corrected chi connectivity index (χ1v) is 14.6. The van der Waals surface area contributed by atoms with Crippen molar-refractivity contribution < 1.29 is 28.7 Å². The van der Waals surface area contributed by atoms with Crippen molar-refractivity contribution in [3.8, 4) is 0 Å². The number of esters is 1. The fraction of sp³-hybridized carbons (Fsp3) is 0.353. The van der Waals surface area contributed by atoms with Gasteiger partial charge in [-0.1, -0.05) is 78.9 Å². The molecule has 9 heteroatoms. The number of ether oxygens (including phenoxy) is 2. The van der Waals surface area contributed by atoms with Gasteiger partial charge in [-0.2, -0.15) is 0 Å². The van der Waals surface area contributed by atoms with Crippen molar-refractivity contribution in [1.29, 1.82) is 0 Å². The first kappa shape index (κ1) is 33.0. The molecule has 0 bridgehead atoms. The van der Waals surface area contributed by atoms with E-state index in [1.807, 2.05) is 66.7 Å². The lowest BCUT2D eigenvalue weighted by molar-refractivity contribution is -0.130. The van der Waals surface area contributed by atoms with Crippen LogP contribution >= 0.6 is 0 Å². The summed E-state index contributed by atoms with van der Waals surface area (Å²) in [5.74, 6) is -1.57. The highest BCUT2D eigenvalue weighted by Gasteiger charge is 2.28. The zero-order valence-corrected chi connectivity index (χ0v) is 24.8. The number of carbonyl (C=O) groups is 4. The van der Waals surface area contributed by atoms with Gasteiger partial charge in [-0.15, -0.1) is 0 Å². The van der Waals surface area contributed by atoms with Crippen molar-refractivity contribution in [2.24, 2.45) is 5.73 Å². The molecule has 4 N–H and O–H groups in total. The number of aryl methyl sites for hydroxylation is 3. The average Bonchev–Trinajstić information content (AvgIpc) is 3.01. The van der Waals surface area contributed by atoms with Crippen LogP contribution in [0.15, 0.2) is 78.9 Å². The minimum Gasteiger partial charge on any atom is -0.454 e. The first-order chi connectivity index (χ1) is 20.8. The molecule has 0 aliphatic heterocycles. The minimum atomic E-state index is -0.967. The normalized spacial score (nSPS) is 12.1. The molecule has 0 radical (unpaired) electrons. The summed E-state index contributed by atoms with van der Waals surface area (Å²) in [5.41, 5.74) is 9.36. The van der Waals surface area contributed by atoms with Crippen molar-refractivity contribution in [3.05, 3.63) is 107 Å². The second kappa shape index (κ2) is 17.5. The Morgan fingerprint density at radius 2 is 1.35 bits per heavy atom. The summed E-state index contributed by atoms with van der Waals surface area (Å²) >= 11 is 0. The molecule has 3 aromatic carbocycles. The van der Waals surface area contributed by atoms with Gasteiger partial charge in [0.15, 0.2) is 12.4 Å². The van der Waals surface area contributed by atoms with E-state index in [9.17, 15) is 19.2 Å². The molecule has 9 nitrogen and oxygen atoms in total. The van der Waals surface area contributed by atoms with Crippen LogP contribution in [0, 0.1) is 13.8 Å². The number of nitrogens with one attached hydrogen (secondary N) is 2. The number of carbonyl (C=O) groups excluding carboxylic acids is 4. The van der Waals surface area contributed by atoms with Crippen molar-refractivity contribution in [2.75, 3.05) is 13.2 Å². The van der Waals surface area contributed by atoms with Crippen LogP contribution in [0.4, 0.5) is 4.79 Å². The minimum absolute atomic E-state index is 0.0472. The summed E-state index contributed by atoms with van der Waals surface area (Å²) in [7, 11) is 0. The molecule has 0 fully saturated rings. The van der Waals surface area contributed by atoms with Crippen LogP contribution in [0.1, 0.15) is 58.3 Å². The molecule has 0 spiro atoms. The molecular formula is C34H41N3O6. The lowest BCUT2D eigenvalue weighted by Crippen LogP contribution is -2.52. The van der Waals surface area contributed by atoms with E-state index in [0.717, 1.165) is 22.3 Å². The van der Waals surface area contributed by atoms with Gasteiger partial charge in [-0.3, -0.25) is 9.59 Å². The summed E-state index contributed by atoms with van der Waals surface area (Å²) in [5, 5.41) is 5.45. The SMILES string of the molecule is Cc1cccc(C)c1C(=O)OCC(=O)[C@@H](CCCCN)NC(=O)[C@@H](CCc1ccccc1)NC(=O)OCc1ccccc1. The summed E-state index contributed by atoms with van der Waals surface area (Å²) in [4.78, 5) is 52.2. The highest BCUT2D eigenvalue weighted by atomic mass is 16.5. The predicted octanol–water partition coefficient (Wildman–Crippen LogP) is 4.57. The second-order valence-electron chi connectivity index (χ2n) is 10.4. The smallest absolute Gasteiger partial charge is 0.408 e. The topological polar surface area (TPSA) is 137 Å². The molecule has 2 atom stereocenters. The van der Waals surface area contributed by atoms with Gasteiger partial charge < -0.3 is 25.8 Å². The number of Topliss-reactive ketones (excluding diaryl/α,β-unsaturated/α-hetero) is 1. The standard InChI is InChI=1S/C34H41N3O6/c1-24-12-11-13-25(2)31(24)33(40)42-23-30(38)28(18-9-10-21-35)36-32(39)29(20-19-26-14-5-3-6-15-26)37-34(41)43-22-27-16-7-4-8-17-27/h3-8,11-17,28-29H,9-10,18-23,35H2,1-2H3,(H,36,39)(H,37,41)/t28-,29-/m1/s1. The summed E-state index contributed by atoms with van der Waals surface area (Å²) in [6.45, 7) is 3.58. The van der Waals surface area contributed by atoms with Gasteiger partial charge in [-0.25, -0.2) is 9.59 Å². The second-order valence-corrected chi connectivity index (χ2v) is 10.4. The van der Waals surface area contributed by atoms with E-state index in [1.54, 1.807) is 26.0 Å². The number of hydrogen-bond acceptors (Lipinski definition) is 7. The molecule has 0 saturated heterocycles. The zero-order chi connectivity index (χ0) is 31.0. The molecule has 228 valence electrons. The van der Waals surface area contributed by atoms with E-state index in [2.05, 4.69) is 10.6 Å². The fourth-order valence-electron chi connectivity index (χ4n) is 4.66. The third kappa shape index (κ3) is 11.0. The lowest BCUT2D eigenvalue weighted by atomic mass is 10.0. The van der Waals surface area contributed by atoms with Crippen LogP contribution < -0.4 is 16.4 Å². The molecule has 43 heavy (non-hydrogen) atoms. The average molecular weight is 588 g/mol. The molecule has 0 aliphatic rings. The van der Waals surface area contributed by atoms with Crippen molar-refractivity contribution >= 4 is 23.8 Å². The van der Waals surface area contributed by atoms with E-state index < -0.39 is 42.4 Å². The van der Waals surface area contributed by atoms with Gasteiger partial charge in [0.1, 0.15) is 12.6 Å².